The number of aryl methyl sites for hydroxylation is 1. The van der Waals surface area contributed by atoms with Gasteiger partial charge in [0.05, 0.1) is 5.60 Å². The topological polar surface area (TPSA) is 29.5 Å². The molecule has 0 radical (unpaired) electrons. The van der Waals surface area contributed by atoms with Gasteiger partial charge in [0.25, 0.3) is 0 Å². The summed E-state index contributed by atoms with van der Waals surface area (Å²) in [6.45, 7) is 10.4. The van der Waals surface area contributed by atoms with Crippen LogP contribution in [0.25, 0.3) is 0 Å². The molecule has 0 aliphatic rings. The van der Waals surface area contributed by atoms with Crippen LogP contribution in [0.5, 0.6) is 5.75 Å². The van der Waals surface area contributed by atoms with Crippen molar-refractivity contribution in [3.05, 3.63) is 29.8 Å². The van der Waals surface area contributed by atoms with Crippen molar-refractivity contribution in [2.24, 2.45) is 0 Å². The van der Waals surface area contributed by atoms with E-state index in [9.17, 15) is 5.11 Å². The number of rotatable bonds is 10. The first kappa shape index (κ1) is 20.0. The molecule has 0 aliphatic heterocycles. The largest absolute Gasteiger partial charge is 0.488 e. The van der Waals surface area contributed by atoms with E-state index >= 15 is 0 Å². The molecule has 0 heterocycles. The van der Waals surface area contributed by atoms with Gasteiger partial charge in [-0.25, -0.2) is 0 Å². The van der Waals surface area contributed by atoms with Crippen LogP contribution in [0.4, 0.5) is 0 Å². The molecular weight excluding hydrogens is 284 g/mol. The Labute approximate surface area is 143 Å². The Balaban J connectivity index is 2.35. The predicted molar refractivity (Wildman–Crippen MR) is 99.1 cm³/mol. The number of hydrogen-bond donors (Lipinski definition) is 1. The van der Waals surface area contributed by atoms with Crippen molar-refractivity contribution < 1.29 is 9.84 Å². The number of aliphatic hydroxyl groups is 1. The maximum atomic E-state index is 10.5. The van der Waals surface area contributed by atoms with E-state index in [4.69, 9.17) is 4.74 Å². The molecule has 0 amide bonds. The van der Waals surface area contributed by atoms with Crippen LogP contribution < -0.4 is 4.74 Å². The van der Waals surface area contributed by atoms with Crippen molar-refractivity contribution in [3.63, 3.8) is 0 Å². The Bertz CT molecular complexity index is 426. The van der Waals surface area contributed by atoms with E-state index in [0.717, 1.165) is 31.4 Å². The van der Waals surface area contributed by atoms with E-state index in [0.29, 0.717) is 0 Å². The van der Waals surface area contributed by atoms with Crippen LogP contribution in [0.15, 0.2) is 24.3 Å². The highest BCUT2D eigenvalue weighted by molar-refractivity contribution is 5.28. The molecule has 2 nitrogen and oxygen atoms in total. The van der Waals surface area contributed by atoms with Gasteiger partial charge in [0, 0.05) is 0 Å². The monoisotopic (exact) mass is 320 g/mol. The van der Waals surface area contributed by atoms with E-state index < -0.39 is 5.60 Å². The van der Waals surface area contributed by atoms with Gasteiger partial charge in [0.1, 0.15) is 11.4 Å². The van der Waals surface area contributed by atoms with Gasteiger partial charge in [-0.1, -0.05) is 51.2 Å². The molecule has 23 heavy (non-hydrogen) atoms. The van der Waals surface area contributed by atoms with Gasteiger partial charge in [-0.15, -0.1) is 0 Å². The van der Waals surface area contributed by atoms with Crippen molar-refractivity contribution in [1.82, 2.24) is 0 Å². The lowest BCUT2D eigenvalue weighted by Gasteiger charge is -2.24. The summed E-state index contributed by atoms with van der Waals surface area (Å²) in [7, 11) is 0. The zero-order valence-corrected chi connectivity index (χ0v) is 15.8. The average Bonchev–Trinajstić information content (AvgIpc) is 2.45. The average molecular weight is 321 g/mol. The Morgan fingerprint density at radius 3 is 2.04 bits per heavy atom. The summed E-state index contributed by atoms with van der Waals surface area (Å²) in [5, 5.41) is 10.5. The molecule has 0 saturated carbocycles. The molecule has 1 atom stereocenters. The minimum absolute atomic E-state index is 0.164. The molecule has 0 fully saturated rings. The molecule has 0 aromatic heterocycles. The van der Waals surface area contributed by atoms with Crippen LogP contribution in [0.2, 0.25) is 0 Å². The van der Waals surface area contributed by atoms with Crippen LogP contribution in [0, 0.1) is 0 Å². The molecule has 1 unspecified atom stereocenters. The van der Waals surface area contributed by atoms with Crippen LogP contribution >= 0.6 is 0 Å². The standard InChI is InChI=1S/C21H36O2/c1-6-7-8-9-10-16-21(5,22)17-15-18-11-13-19(14-12-18)23-20(2,3)4/h11-14,22H,6-10,15-17H2,1-5H3. The van der Waals surface area contributed by atoms with Crippen LogP contribution in [-0.2, 0) is 6.42 Å². The van der Waals surface area contributed by atoms with Crippen molar-refractivity contribution >= 4 is 0 Å². The number of benzene rings is 1. The molecule has 0 aliphatic carbocycles. The van der Waals surface area contributed by atoms with E-state index in [1.54, 1.807) is 0 Å². The van der Waals surface area contributed by atoms with E-state index in [-0.39, 0.29) is 5.60 Å². The second-order valence-electron chi connectivity index (χ2n) is 8.02. The van der Waals surface area contributed by atoms with Gasteiger partial charge in [0.2, 0.25) is 0 Å². The molecule has 1 aromatic rings. The Hall–Kier alpha value is -1.02. The Morgan fingerprint density at radius 1 is 0.870 bits per heavy atom. The fourth-order valence-corrected chi connectivity index (χ4v) is 2.73. The maximum absolute atomic E-state index is 10.5. The Kier molecular flexibility index (Phi) is 8.11. The van der Waals surface area contributed by atoms with Crippen LogP contribution in [-0.4, -0.2) is 16.3 Å². The van der Waals surface area contributed by atoms with Gasteiger partial charge >= 0.3 is 0 Å². The van der Waals surface area contributed by atoms with Gasteiger partial charge in [-0.3, -0.25) is 0 Å². The second-order valence-corrected chi connectivity index (χ2v) is 8.02. The van der Waals surface area contributed by atoms with E-state index in [1.807, 2.05) is 19.1 Å². The van der Waals surface area contributed by atoms with Crippen LogP contribution in [0.1, 0.15) is 85.1 Å². The van der Waals surface area contributed by atoms with Gasteiger partial charge < -0.3 is 9.84 Å². The maximum Gasteiger partial charge on any atom is 0.120 e. The SMILES string of the molecule is CCCCCCCC(C)(O)CCc1ccc(OC(C)(C)C)cc1. The highest BCUT2D eigenvalue weighted by Gasteiger charge is 2.19. The lowest BCUT2D eigenvalue weighted by Crippen LogP contribution is -2.24. The normalized spacial score (nSPS) is 14.5. The van der Waals surface area contributed by atoms with E-state index in [2.05, 4.69) is 39.8 Å². The summed E-state index contributed by atoms with van der Waals surface area (Å²) < 4.78 is 5.84. The third kappa shape index (κ3) is 9.65. The molecule has 0 spiro atoms. The molecular formula is C21H36O2. The molecule has 2 heteroatoms. The first-order valence-electron chi connectivity index (χ1n) is 9.22. The minimum Gasteiger partial charge on any atom is -0.488 e. The smallest absolute Gasteiger partial charge is 0.120 e. The molecule has 132 valence electrons. The Morgan fingerprint density at radius 2 is 1.48 bits per heavy atom. The third-order valence-electron chi connectivity index (χ3n) is 4.12. The molecule has 1 aromatic carbocycles. The van der Waals surface area contributed by atoms with Crippen molar-refractivity contribution in [2.75, 3.05) is 0 Å². The highest BCUT2D eigenvalue weighted by atomic mass is 16.5. The zero-order chi connectivity index (χ0) is 17.3. The number of ether oxygens (including phenoxy) is 1. The number of hydrogen-bond acceptors (Lipinski definition) is 2. The summed E-state index contributed by atoms with van der Waals surface area (Å²) in [5.74, 6) is 0.906. The van der Waals surface area contributed by atoms with Gasteiger partial charge in [0.15, 0.2) is 0 Å². The summed E-state index contributed by atoms with van der Waals surface area (Å²) in [6.07, 6.45) is 8.88. The van der Waals surface area contributed by atoms with Crippen molar-refractivity contribution in [1.29, 1.82) is 0 Å². The highest BCUT2D eigenvalue weighted by Crippen LogP contribution is 2.23. The van der Waals surface area contributed by atoms with Crippen molar-refractivity contribution in [3.8, 4) is 5.75 Å². The van der Waals surface area contributed by atoms with Crippen molar-refractivity contribution in [2.45, 2.75) is 97.2 Å². The minimum atomic E-state index is -0.549. The molecule has 0 saturated heterocycles. The fourth-order valence-electron chi connectivity index (χ4n) is 2.73. The molecule has 0 bridgehead atoms. The summed E-state index contributed by atoms with van der Waals surface area (Å²) >= 11 is 0. The zero-order valence-electron chi connectivity index (χ0n) is 15.8. The first-order valence-corrected chi connectivity index (χ1v) is 9.22. The predicted octanol–water partition coefficient (Wildman–Crippen LogP) is 5.91. The van der Waals surface area contributed by atoms with Gasteiger partial charge in [-0.2, -0.15) is 0 Å². The molecule has 1 N–H and O–H groups in total. The van der Waals surface area contributed by atoms with Crippen LogP contribution in [0.3, 0.4) is 0 Å². The quantitative estimate of drug-likeness (QED) is 0.543. The first-order chi connectivity index (χ1) is 10.7. The summed E-state index contributed by atoms with van der Waals surface area (Å²) in [5.41, 5.74) is 0.549. The summed E-state index contributed by atoms with van der Waals surface area (Å²) in [6, 6.07) is 8.27. The second kappa shape index (κ2) is 9.32. The molecule has 1 rings (SSSR count). The lowest BCUT2D eigenvalue weighted by atomic mass is 9.91. The van der Waals surface area contributed by atoms with E-state index in [1.165, 1.54) is 31.2 Å². The van der Waals surface area contributed by atoms with Gasteiger partial charge in [-0.05, 0) is 64.7 Å². The lowest BCUT2D eigenvalue weighted by molar-refractivity contribution is 0.0396. The summed E-state index contributed by atoms with van der Waals surface area (Å²) in [4.78, 5) is 0. The third-order valence-corrected chi connectivity index (χ3v) is 4.12. The fraction of sp³-hybridized carbons (Fsp3) is 0.714. The number of unbranched alkanes of at least 4 members (excludes halogenated alkanes) is 4.